The van der Waals surface area contributed by atoms with Crippen molar-refractivity contribution in [3.63, 3.8) is 0 Å². The maximum atomic E-state index is 10.7. The summed E-state index contributed by atoms with van der Waals surface area (Å²) in [5.41, 5.74) is -0.445. The van der Waals surface area contributed by atoms with Crippen LogP contribution in [0.4, 0.5) is 11.5 Å². The summed E-state index contributed by atoms with van der Waals surface area (Å²) in [6.07, 6.45) is 3.30. The molecule has 1 fully saturated rings. The van der Waals surface area contributed by atoms with Crippen LogP contribution in [0.25, 0.3) is 0 Å². The molecule has 1 N–H and O–H groups in total. The van der Waals surface area contributed by atoms with Gasteiger partial charge in [0.2, 0.25) is 5.69 Å². The zero-order chi connectivity index (χ0) is 13.7. The van der Waals surface area contributed by atoms with Crippen LogP contribution in [-0.4, -0.2) is 29.2 Å². The smallest absolute Gasteiger partial charge is 0.305 e. The fraction of sp³-hybridized carbons (Fsp3) is 0.500. The third-order valence-electron chi connectivity index (χ3n) is 2.97. The third kappa shape index (κ3) is 3.39. The molecule has 7 nitrogen and oxygen atoms in total. The average molecular weight is 262 g/mol. The molecule has 1 aliphatic rings. The standard InChI is InChI=1S/C12H14N4O3/c13-8-10-11(16(17)18)3-4-12(15-10)14-6-5-9-2-1-7-19-9/h3-4,9H,1-2,5-7H2,(H,14,15). The van der Waals surface area contributed by atoms with Crippen molar-refractivity contribution < 1.29 is 9.66 Å². The average Bonchev–Trinajstić information content (AvgIpc) is 2.91. The predicted molar refractivity (Wildman–Crippen MR) is 67.7 cm³/mol. The highest BCUT2D eigenvalue weighted by Crippen LogP contribution is 2.19. The zero-order valence-corrected chi connectivity index (χ0v) is 10.3. The molecule has 19 heavy (non-hydrogen) atoms. The number of hydrogen-bond donors (Lipinski definition) is 1. The lowest BCUT2D eigenvalue weighted by Crippen LogP contribution is -2.13. The molecule has 1 saturated heterocycles. The number of hydrogen-bond acceptors (Lipinski definition) is 6. The Bertz CT molecular complexity index is 506. The highest BCUT2D eigenvalue weighted by atomic mass is 16.6. The lowest BCUT2D eigenvalue weighted by molar-refractivity contribution is -0.385. The molecule has 1 aliphatic heterocycles. The number of nitrogens with zero attached hydrogens (tertiary/aromatic N) is 3. The highest BCUT2D eigenvalue weighted by Gasteiger charge is 2.17. The summed E-state index contributed by atoms with van der Waals surface area (Å²) in [5, 5.41) is 22.5. The molecule has 100 valence electrons. The van der Waals surface area contributed by atoms with Gasteiger partial charge in [-0.15, -0.1) is 0 Å². The van der Waals surface area contributed by atoms with Crippen molar-refractivity contribution in [2.45, 2.75) is 25.4 Å². The van der Waals surface area contributed by atoms with Gasteiger partial charge >= 0.3 is 5.69 Å². The molecular formula is C12H14N4O3. The quantitative estimate of drug-likeness (QED) is 0.641. The Balaban J connectivity index is 1.93. The summed E-state index contributed by atoms with van der Waals surface area (Å²) >= 11 is 0. The second-order valence-corrected chi connectivity index (χ2v) is 4.28. The van der Waals surface area contributed by atoms with Crippen molar-refractivity contribution in [2.24, 2.45) is 0 Å². The molecule has 0 saturated carbocycles. The first-order chi connectivity index (χ1) is 9.20. The summed E-state index contributed by atoms with van der Waals surface area (Å²) in [6.45, 7) is 1.49. The monoisotopic (exact) mass is 262 g/mol. The van der Waals surface area contributed by atoms with Gasteiger partial charge in [-0.25, -0.2) is 4.98 Å². The number of aromatic nitrogens is 1. The summed E-state index contributed by atoms with van der Waals surface area (Å²) in [7, 11) is 0. The van der Waals surface area contributed by atoms with Crippen molar-refractivity contribution >= 4 is 11.5 Å². The maximum absolute atomic E-state index is 10.7. The van der Waals surface area contributed by atoms with Crippen LogP contribution in [0.3, 0.4) is 0 Å². The molecule has 2 heterocycles. The normalized spacial score (nSPS) is 17.9. The van der Waals surface area contributed by atoms with E-state index in [0.717, 1.165) is 25.9 Å². The summed E-state index contributed by atoms with van der Waals surface area (Å²) < 4.78 is 5.48. The topological polar surface area (TPSA) is 101 Å². The van der Waals surface area contributed by atoms with Gasteiger partial charge in [-0.3, -0.25) is 10.1 Å². The van der Waals surface area contributed by atoms with E-state index >= 15 is 0 Å². The molecule has 0 aliphatic carbocycles. The Morgan fingerprint density at radius 1 is 1.63 bits per heavy atom. The summed E-state index contributed by atoms with van der Waals surface area (Å²) in [4.78, 5) is 14.0. The first-order valence-corrected chi connectivity index (χ1v) is 6.11. The number of nitriles is 1. The van der Waals surface area contributed by atoms with Crippen LogP contribution in [0.5, 0.6) is 0 Å². The molecule has 0 spiro atoms. The Morgan fingerprint density at radius 2 is 2.47 bits per heavy atom. The highest BCUT2D eigenvalue weighted by molar-refractivity contribution is 5.50. The zero-order valence-electron chi connectivity index (χ0n) is 10.3. The number of rotatable bonds is 5. The lowest BCUT2D eigenvalue weighted by Gasteiger charge is -2.10. The SMILES string of the molecule is N#Cc1nc(NCCC2CCCO2)ccc1[N+](=O)[O-]. The van der Waals surface area contributed by atoms with Crippen molar-refractivity contribution in [1.82, 2.24) is 4.98 Å². The molecule has 0 aromatic carbocycles. The Labute approximate surface area is 110 Å². The third-order valence-corrected chi connectivity index (χ3v) is 2.97. The minimum atomic E-state index is -0.609. The number of pyridine rings is 1. The number of ether oxygens (including phenoxy) is 1. The van der Waals surface area contributed by atoms with E-state index < -0.39 is 4.92 Å². The molecular weight excluding hydrogens is 248 g/mol. The molecule has 1 atom stereocenters. The summed E-state index contributed by atoms with van der Waals surface area (Å²) in [6, 6.07) is 4.53. The molecule has 0 radical (unpaired) electrons. The van der Waals surface area contributed by atoms with Crippen LogP contribution < -0.4 is 5.32 Å². The molecule has 1 aromatic heterocycles. The van der Waals surface area contributed by atoms with Crippen molar-refractivity contribution in [2.75, 3.05) is 18.5 Å². The van der Waals surface area contributed by atoms with Crippen molar-refractivity contribution in [3.8, 4) is 6.07 Å². The molecule has 1 aromatic rings. The minimum absolute atomic E-state index is 0.174. The van der Waals surface area contributed by atoms with Crippen LogP contribution >= 0.6 is 0 Å². The fourth-order valence-electron chi connectivity index (χ4n) is 2.01. The fourth-order valence-corrected chi connectivity index (χ4v) is 2.01. The van der Waals surface area contributed by atoms with Crippen LogP contribution in [0, 0.1) is 21.4 Å². The first kappa shape index (κ1) is 13.2. The molecule has 1 unspecified atom stereocenters. The van der Waals surface area contributed by atoms with E-state index in [4.69, 9.17) is 10.00 Å². The number of nitro groups is 1. The first-order valence-electron chi connectivity index (χ1n) is 6.11. The van der Waals surface area contributed by atoms with Gasteiger partial charge in [0.15, 0.2) is 0 Å². The molecule has 0 bridgehead atoms. The number of anilines is 1. The van der Waals surface area contributed by atoms with Crippen LogP contribution in [0.2, 0.25) is 0 Å². The predicted octanol–water partition coefficient (Wildman–Crippen LogP) is 1.84. The van der Waals surface area contributed by atoms with Gasteiger partial charge in [-0.05, 0) is 25.3 Å². The van der Waals surface area contributed by atoms with Gasteiger partial charge in [0.05, 0.1) is 11.0 Å². The van der Waals surface area contributed by atoms with Crippen molar-refractivity contribution in [1.29, 1.82) is 5.26 Å². The van der Waals surface area contributed by atoms with Gasteiger partial charge in [-0.2, -0.15) is 5.26 Å². The van der Waals surface area contributed by atoms with Crippen LogP contribution in [-0.2, 0) is 4.74 Å². The largest absolute Gasteiger partial charge is 0.378 e. The van der Waals surface area contributed by atoms with E-state index in [-0.39, 0.29) is 17.5 Å². The van der Waals surface area contributed by atoms with E-state index in [2.05, 4.69) is 10.3 Å². The van der Waals surface area contributed by atoms with Gasteiger partial charge in [0.1, 0.15) is 11.9 Å². The van der Waals surface area contributed by atoms with Crippen molar-refractivity contribution in [3.05, 3.63) is 27.9 Å². The summed E-state index contributed by atoms with van der Waals surface area (Å²) in [5.74, 6) is 0.472. The number of nitrogens with one attached hydrogen (secondary N) is 1. The van der Waals surface area contributed by atoms with Gasteiger partial charge in [0.25, 0.3) is 0 Å². The van der Waals surface area contributed by atoms with E-state index in [1.54, 1.807) is 6.07 Å². The molecule has 7 heteroatoms. The van der Waals surface area contributed by atoms with E-state index in [9.17, 15) is 10.1 Å². The van der Waals surface area contributed by atoms with E-state index in [0.29, 0.717) is 12.4 Å². The minimum Gasteiger partial charge on any atom is -0.378 e. The van der Waals surface area contributed by atoms with Gasteiger partial charge < -0.3 is 10.1 Å². The lowest BCUT2D eigenvalue weighted by atomic mass is 10.2. The second-order valence-electron chi connectivity index (χ2n) is 4.28. The Morgan fingerprint density at radius 3 is 3.11 bits per heavy atom. The van der Waals surface area contributed by atoms with E-state index in [1.165, 1.54) is 12.1 Å². The van der Waals surface area contributed by atoms with Gasteiger partial charge in [-0.1, -0.05) is 0 Å². The van der Waals surface area contributed by atoms with Gasteiger partial charge in [0, 0.05) is 19.2 Å². The molecule has 0 amide bonds. The Hall–Kier alpha value is -2.20. The second kappa shape index (κ2) is 6.11. The van der Waals surface area contributed by atoms with Crippen LogP contribution in [0.15, 0.2) is 12.1 Å². The van der Waals surface area contributed by atoms with E-state index in [1.807, 2.05) is 0 Å². The maximum Gasteiger partial charge on any atom is 0.305 e. The van der Waals surface area contributed by atoms with Crippen LogP contribution in [0.1, 0.15) is 25.0 Å². The molecule has 2 rings (SSSR count). The Kier molecular flexibility index (Phi) is 4.26.